The van der Waals surface area contributed by atoms with Crippen molar-refractivity contribution in [3.63, 3.8) is 0 Å². The molecule has 3 saturated heterocycles. The number of likely N-dealkylation sites (tertiary alicyclic amines) is 1. The lowest BCUT2D eigenvalue weighted by Crippen LogP contribution is -2.58. The van der Waals surface area contributed by atoms with E-state index in [4.69, 9.17) is 9.47 Å². The number of amides is 3. The largest absolute Gasteiger partial charge is 0.494 e. The lowest BCUT2D eigenvalue weighted by molar-refractivity contribution is -0.147. The number of hydrogen-bond acceptors (Lipinski definition) is 6. The molecule has 38 heavy (non-hydrogen) atoms. The molecule has 2 unspecified atom stereocenters. The minimum Gasteiger partial charge on any atom is -0.494 e. The van der Waals surface area contributed by atoms with Crippen molar-refractivity contribution in [2.45, 2.75) is 95.9 Å². The van der Waals surface area contributed by atoms with Gasteiger partial charge in [0, 0.05) is 24.4 Å². The third-order valence-corrected chi connectivity index (χ3v) is 8.20. The van der Waals surface area contributed by atoms with E-state index >= 15 is 0 Å². The van der Waals surface area contributed by atoms with Crippen LogP contribution < -0.4 is 15.4 Å². The van der Waals surface area contributed by atoms with Crippen molar-refractivity contribution in [3.8, 4) is 5.75 Å². The number of nitrogens with one attached hydrogen (secondary N) is 2. The highest BCUT2D eigenvalue weighted by Crippen LogP contribution is 2.64. The lowest BCUT2D eigenvalue weighted by atomic mass is 9.65. The molecular formula is C29H43N3O6. The number of anilines is 1. The van der Waals surface area contributed by atoms with E-state index in [-0.39, 0.29) is 24.3 Å². The van der Waals surface area contributed by atoms with Crippen LogP contribution in [-0.4, -0.2) is 70.3 Å². The molecule has 0 aliphatic carbocycles. The molecule has 1 aromatic carbocycles. The minimum atomic E-state index is -1.04. The van der Waals surface area contributed by atoms with E-state index in [1.54, 1.807) is 29.2 Å². The summed E-state index contributed by atoms with van der Waals surface area (Å²) in [6.07, 6.45) is 3.79. The zero-order chi connectivity index (χ0) is 27.7. The molecule has 0 aromatic heterocycles. The number of carbonyl (C=O) groups is 3. The number of hydrogen-bond donors (Lipinski definition) is 3. The molecule has 3 N–H and O–H groups in total. The molecule has 3 aliphatic rings. The summed E-state index contributed by atoms with van der Waals surface area (Å²) in [6, 6.07) is 6.37. The number of unbranched alkanes of at least 4 members (excludes halogenated alkanes) is 2. The standard InChI is InChI=1S/C29H43N3O6/c1-6-28-15-16-29(38-28)22(21(28)24(34)30-19-11-13-20(14-12-19)37-7-2)26(36)32(17-9-8-10-18-33)23(29)25(35)31-27(3,4)5/h11-14,21-23,33H,6-10,15-18H2,1-5H3,(H,30,34)(H,31,35)/t21-,22+,23?,28+,29?/m1/s1. The van der Waals surface area contributed by atoms with Gasteiger partial charge in [0.2, 0.25) is 17.7 Å². The highest BCUT2D eigenvalue weighted by molar-refractivity contribution is 6.02. The van der Waals surface area contributed by atoms with Gasteiger partial charge < -0.3 is 30.1 Å². The van der Waals surface area contributed by atoms with Gasteiger partial charge in [0.25, 0.3) is 0 Å². The van der Waals surface area contributed by atoms with E-state index in [1.807, 2.05) is 34.6 Å². The number of aliphatic hydroxyl groups is 1. The summed E-state index contributed by atoms with van der Waals surface area (Å²) in [7, 11) is 0. The third kappa shape index (κ3) is 5.02. The maximum atomic E-state index is 14.1. The fraction of sp³-hybridized carbons (Fsp3) is 0.690. The topological polar surface area (TPSA) is 117 Å². The Hall–Kier alpha value is -2.65. The van der Waals surface area contributed by atoms with Gasteiger partial charge in [-0.3, -0.25) is 14.4 Å². The molecule has 9 nitrogen and oxygen atoms in total. The Morgan fingerprint density at radius 2 is 1.82 bits per heavy atom. The normalized spacial score (nSPS) is 29.9. The Balaban J connectivity index is 1.66. The SMILES string of the molecule is CCOc1ccc(NC(=O)[C@H]2[C@H]3C(=O)N(CCCCCO)C(C(=O)NC(C)(C)C)C34CC[C@]2(CC)O4)cc1. The first-order valence-corrected chi connectivity index (χ1v) is 14.0. The van der Waals surface area contributed by atoms with Gasteiger partial charge in [-0.2, -0.15) is 0 Å². The van der Waals surface area contributed by atoms with Crippen LogP contribution in [0, 0.1) is 11.8 Å². The van der Waals surface area contributed by atoms with Gasteiger partial charge in [-0.25, -0.2) is 0 Å². The summed E-state index contributed by atoms with van der Waals surface area (Å²) in [4.78, 5) is 43.3. The molecule has 3 fully saturated rings. The van der Waals surface area contributed by atoms with E-state index in [0.717, 1.165) is 6.42 Å². The summed E-state index contributed by atoms with van der Waals surface area (Å²) in [5, 5.41) is 15.3. The average molecular weight is 530 g/mol. The number of benzene rings is 1. The zero-order valence-electron chi connectivity index (χ0n) is 23.3. The molecule has 2 bridgehead atoms. The second-order valence-electron chi connectivity index (χ2n) is 11.8. The minimum absolute atomic E-state index is 0.0877. The van der Waals surface area contributed by atoms with Crippen molar-refractivity contribution >= 4 is 23.4 Å². The van der Waals surface area contributed by atoms with Gasteiger partial charge in [0.05, 0.1) is 24.0 Å². The molecule has 0 radical (unpaired) electrons. The van der Waals surface area contributed by atoms with Crippen molar-refractivity contribution in [2.24, 2.45) is 11.8 Å². The van der Waals surface area contributed by atoms with E-state index in [9.17, 15) is 19.5 Å². The molecule has 1 aromatic rings. The highest BCUT2D eigenvalue weighted by atomic mass is 16.5. The molecule has 210 valence electrons. The fourth-order valence-electron chi connectivity index (χ4n) is 6.69. The molecule has 5 atom stereocenters. The molecule has 3 heterocycles. The molecule has 4 rings (SSSR count). The van der Waals surface area contributed by atoms with Crippen LogP contribution in [0.5, 0.6) is 5.75 Å². The molecule has 9 heteroatoms. The predicted molar refractivity (Wildman–Crippen MR) is 144 cm³/mol. The van der Waals surface area contributed by atoms with Crippen LogP contribution in [0.4, 0.5) is 5.69 Å². The van der Waals surface area contributed by atoms with Crippen molar-refractivity contribution in [1.29, 1.82) is 0 Å². The number of carbonyl (C=O) groups excluding carboxylic acids is 3. The first-order valence-electron chi connectivity index (χ1n) is 14.0. The van der Waals surface area contributed by atoms with E-state index < -0.39 is 34.6 Å². The van der Waals surface area contributed by atoms with E-state index in [2.05, 4.69) is 10.6 Å². The molecule has 0 saturated carbocycles. The fourth-order valence-corrected chi connectivity index (χ4v) is 6.69. The molecule has 3 amide bonds. The van der Waals surface area contributed by atoms with Crippen LogP contribution in [0.1, 0.15) is 73.1 Å². The Morgan fingerprint density at radius 3 is 2.42 bits per heavy atom. The Labute approximate surface area is 225 Å². The molecule has 1 spiro atoms. The van der Waals surface area contributed by atoms with Crippen LogP contribution in [0.2, 0.25) is 0 Å². The van der Waals surface area contributed by atoms with E-state index in [1.165, 1.54) is 0 Å². The van der Waals surface area contributed by atoms with Crippen LogP contribution >= 0.6 is 0 Å². The maximum absolute atomic E-state index is 14.1. The number of ether oxygens (including phenoxy) is 2. The first-order chi connectivity index (χ1) is 18.0. The number of nitrogens with zero attached hydrogens (tertiary/aromatic N) is 1. The Bertz CT molecular complexity index is 1040. The van der Waals surface area contributed by atoms with Crippen molar-refractivity contribution in [2.75, 3.05) is 25.1 Å². The van der Waals surface area contributed by atoms with Crippen LogP contribution in [0.25, 0.3) is 0 Å². The quantitative estimate of drug-likeness (QED) is 0.379. The van der Waals surface area contributed by atoms with Gasteiger partial charge in [0.1, 0.15) is 17.4 Å². The summed E-state index contributed by atoms with van der Waals surface area (Å²) in [5.74, 6) is -1.40. The summed E-state index contributed by atoms with van der Waals surface area (Å²) >= 11 is 0. The highest BCUT2D eigenvalue weighted by Gasteiger charge is 2.78. The average Bonchev–Trinajstić information content (AvgIpc) is 3.46. The summed E-state index contributed by atoms with van der Waals surface area (Å²) in [6.45, 7) is 10.7. The van der Waals surface area contributed by atoms with Crippen LogP contribution in [0.3, 0.4) is 0 Å². The van der Waals surface area contributed by atoms with Gasteiger partial charge >= 0.3 is 0 Å². The molecular weight excluding hydrogens is 486 g/mol. The zero-order valence-corrected chi connectivity index (χ0v) is 23.3. The second-order valence-corrected chi connectivity index (χ2v) is 11.8. The summed E-state index contributed by atoms with van der Waals surface area (Å²) < 4.78 is 12.3. The van der Waals surface area contributed by atoms with Crippen LogP contribution in [-0.2, 0) is 19.1 Å². The number of aliphatic hydroxyl groups excluding tert-OH is 1. The summed E-state index contributed by atoms with van der Waals surface area (Å²) in [5.41, 5.74) is -1.70. The Kier molecular flexibility index (Phi) is 8.09. The first kappa shape index (κ1) is 28.4. The predicted octanol–water partition coefficient (Wildman–Crippen LogP) is 3.26. The van der Waals surface area contributed by atoms with Crippen molar-refractivity contribution in [3.05, 3.63) is 24.3 Å². The maximum Gasteiger partial charge on any atom is 0.246 e. The van der Waals surface area contributed by atoms with Crippen LogP contribution in [0.15, 0.2) is 24.3 Å². The van der Waals surface area contributed by atoms with Crippen molar-refractivity contribution in [1.82, 2.24) is 10.2 Å². The second kappa shape index (κ2) is 10.8. The van der Waals surface area contributed by atoms with Gasteiger partial charge in [-0.15, -0.1) is 0 Å². The molecule has 3 aliphatic heterocycles. The number of rotatable bonds is 11. The number of fused-ring (bicyclic) bond motifs is 1. The van der Waals surface area contributed by atoms with E-state index in [0.29, 0.717) is 56.7 Å². The van der Waals surface area contributed by atoms with Gasteiger partial charge in [0.15, 0.2) is 0 Å². The van der Waals surface area contributed by atoms with Gasteiger partial charge in [-0.05, 0) is 90.5 Å². The van der Waals surface area contributed by atoms with Crippen molar-refractivity contribution < 1.29 is 29.0 Å². The Morgan fingerprint density at radius 1 is 1.11 bits per heavy atom. The lowest BCUT2D eigenvalue weighted by Gasteiger charge is -2.35. The smallest absolute Gasteiger partial charge is 0.246 e. The third-order valence-electron chi connectivity index (χ3n) is 8.20. The van der Waals surface area contributed by atoms with Gasteiger partial charge in [-0.1, -0.05) is 6.92 Å². The monoisotopic (exact) mass is 529 g/mol.